The van der Waals surface area contributed by atoms with E-state index in [9.17, 15) is 28.1 Å². The Bertz CT molecular complexity index is 507. The van der Waals surface area contributed by atoms with Gasteiger partial charge in [-0.2, -0.15) is 13.2 Å². The van der Waals surface area contributed by atoms with Gasteiger partial charge in [-0.1, -0.05) is 15.9 Å². The van der Waals surface area contributed by atoms with Crippen molar-refractivity contribution < 1.29 is 22.9 Å². The minimum absolute atomic E-state index is 0.0351. The molecule has 1 aromatic carbocycles. The van der Waals surface area contributed by atoms with Gasteiger partial charge in [-0.25, -0.2) is 0 Å². The minimum atomic E-state index is -4.56. The second-order valence-corrected chi connectivity index (χ2v) is 5.25. The highest BCUT2D eigenvalue weighted by molar-refractivity contribution is 9.09. The van der Waals surface area contributed by atoms with Crippen LogP contribution in [0.4, 0.5) is 18.9 Å². The van der Waals surface area contributed by atoms with Gasteiger partial charge in [0.1, 0.15) is 0 Å². The van der Waals surface area contributed by atoms with Crippen LogP contribution in [0.2, 0.25) is 0 Å². The van der Waals surface area contributed by atoms with Crippen LogP contribution < -0.4 is 0 Å². The lowest BCUT2D eigenvalue weighted by atomic mass is 10.1. The zero-order valence-electron chi connectivity index (χ0n) is 9.24. The molecule has 0 fully saturated rings. The number of Topliss-reactive ketones (excluding diaryl/α,β-unsaturated/α-hetero) is 1. The number of alkyl halides is 4. The van der Waals surface area contributed by atoms with Crippen LogP contribution in [-0.4, -0.2) is 21.5 Å². The Morgan fingerprint density at radius 3 is 2.53 bits per heavy atom. The third-order valence-electron chi connectivity index (χ3n) is 2.02. The van der Waals surface area contributed by atoms with Gasteiger partial charge in [0.05, 0.1) is 4.92 Å². The Balaban J connectivity index is 3.22. The van der Waals surface area contributed by atoms with Gasteiger partial charge in [-0.15, -0.1) is 0 Å². The minimum Gasteiger partial charge on any atom is -0.294 e. The number of hydrogen-bond acceptors (Lipinski definition) is 4. The average Bonchev–Trinajstić information content (AvgIpc) is 2.27. The Morgan fingerprint density at radius 2 is 2.05 bits per heavy atom. The van der Waals surface area contributed by atoms with E-state index in [-0.39, 0.29) is 22.2 Å². The maximum absolute atomic E-state index is 12.3. The molecule has 0 spiro atoms. The van der Waals surface area contributed by atoms with Crippen molar-refractivity contribution in [2.45, 2.75) is 16.8 Å². The molecule has 0 aliphatic rings. The van der Waals surface area contributed by atoms with Crippen molar-refractivity contribution in [1.82, 2.24) is 0 Å². The molecular formula is C10H7BrF3NO3S. The number of thioether (sulfide) groups is 1. The van der Waals surface area contributed by atoms with Crippen molar-refractivity contribution >= 4 is 39.2 Å². The van der Waals surface area contributed by atoms with Gasteiger partial charge in [0.2, 0.25) is 0 Å². The smallest absolute Gasteiger partial charge is 0.294 e. The van der Waals surface area contributed by atoms with Crippen LogP contribution in [0, 0.1) is 10.1 Å². The third-order valence-corrected chi connectivity index (χ3v) is 3.23. The zero-order valence-corrected chi connectivity index (χ0v) is 11.6. The van der Waals surface area contributed by atoms with E-state index in [1.165, 1.54) is 0 Å². The van der Waals surface area contributed by atoms with E-state index in [1.807, 2.05) is 0 Å². The van der Waals surface area contributed by atoms with Gasteiger partial charge in [-0.3, -0.25) is 14.9 Å². The summed E-state index contributed by atoms with van der Waals surface area (Å²) in [7, 11) is 0. The number of carbonyl (C=O) groups excluding carboxylic acids is 1. The Morgan fingerprint density at radius 1 is 1.42 bits per heavy atom. The van der Waals surface area contributed by atoms with Crippen LogP contribution in [0.3, 0.4) is 0 Å². The summed E-state index contributed by atoms with van der Waals surface area (Å²) in [5.41, 5.74) is -5.25. The number of carbonyl (C=O) groups is 1. The summed E-state index contributed by atoms with van der Waals surface area (Å²) >= 11 is 2.54. The molecule has 0 radical (unpaired) electrons. The highest BCUT2D eigenvalue weighted by Crippen LogP contribution is 2.39. The van der Waals surface area contributed by atoms with Gasteiger partial charge in [-0.05, 0) is 17.8 Å². The lowest BCUT2D eigenvalue weighted by molar-refractivity contribution is -0.384. The number of rotatable bonds is 5. The Kier molecular flexibility index (Phi) is 5.36. The highest BCUT2D eigenvalue weighted by Gasteiger charge is 2.32. The van der Waals surface area contributed by atoms with E-state index in [4.69, 9.17) is 0 Å². The first-order valence-electron chi connectivity index (χ1n) is 4.88. The SMILES string of the molecule is O=C(CCBr)c1cc([N+](=O)[O-])ccc1SC(F)(F)F. The topological polar surface area (TPSA) is 60.2 Å². The van der Waals surface area contributed by atoms with Crippen LogP contribution in [0.1, 0.15) is 16.8 Å². The summed E-state index contributed by atoms with van der Waals surface area (Å²) in [5.74, 6) is -0.577. The summed E-state index contributed by atoms with van der Waals surface area (Å²) in [5, 5.41) is 10.9. The molecule has 0 saturated heterocycles. The van der Waals surface area contributed by atoms with E-state index in [0.29, 0.717) is 0 Å². The van der Waals surface area contributed by atoms with E-state index >= 15 is 0 Å². The fourth-order valence-corrected chi connectivity index (χ4v) is 2.31. The second kappa shape index (κ2) is 6.38. The standard InChI is InChI=1S/C10H7BrF3NO3S/c11-4-3-8(16)7-5-6(15(17)18)1-2-9(7)19-10(12,13)14/h1-2,5H,3-4H2. The molecule has 0 heterocycles. The third kappa shape index (κ3) is 4.83. The molecule has 0 unspecified atom stereocenters. The van der Waals surface area contributed by atoms with Gasteiger partial charge in [0, 0.05) is 34.3 Å². The second-order valence-electron chi connectivity index (χ2n) is 3.35. The molecular weight excluding hydrogens is 351 g/mol. The number of benzene rings is 1. The number of halogens is 4. The molecule has 9 heteroatoms. The fourth-order valence-electron chi connectivity index (χ4n) is 1.28. The lowest BCUT2D eigenvalue weighted by Gasteiger charge is -2.09. The quantitative estimate of drug-likeness (QED) is 0.261. The Hall–Kier alpha value is -1.09. The number of nitro benzene ring substituents is 1. The number of ketones is 1. The molecule has 0 bridgehead atoms. The predicted octanol–water partition coefficient (Wildman–Crippen LogP) is 4.17. The van der Waals surface area contributed by atoms with Crippen molar-refractivity contribution in [3.63, 3.8) is 0 Å². The molecule has 0 saturated carbocycles. The molecule has 1 aromatic rings. The van der Waals surface area contributed by atoms with Crippen molar-refractivity contribution in [3.8, 4) is 0 Å². The summed E-state index contributed by atoms with van der Waals surface area (Å²) in [6, 6.07) is 2.76. The molecule has 104 valence electrons. The van der Waals surface area contributed by atoms with Crippen LogP contribution in [-0.2, 0) is 0 Å². The highest BCUT2D eigenvalue weighted by atomic mass is 79.9. The first-order valence-corrected chi connectivity index (χ1v) is 6.81. The molecule has 0 atom stereocenters. The molecule has 4 nitrogen and oxygen atoms in total. The van der Waals surface area contributed by atoms with Crippen molar-refractivity contribution in [1.29, 1.82) is 0 Å². The van der Waals surface area contributed by atoms with E-state index in [1.54, 1.807) is 0 Å². The predicted molar refractivity (Wildman–Crippen MR) is 67.7 cm³/mol. The molecule has 19 heavy (non-hydrogen) atoms. The van der Waals surface area contributed by atoms with Crippen LogP contribution in [0.25, 0.3) is 0 Å². The molecule has 0 amide bonds. The largest absolute Gasteiger partial charge is 0.446 e. The maximum atomic E-state index is 12.3. The van der Waals surface area contributed by atoms with E-state index < -0.39 is 33.7 Å². The monoisotopic (exact) mass is 357 g/mol. The lowest BCUT2D eigenvalue weighted by Crippen LogP contribution is -2.06. The molecule has 0 aliphatic carbocycles. The number of nitro groups is 1. The van der Waals surface area contributed by atoms with Gasteiger partial charge >= 0.3 is 5.51 Å². The summed E-state index contributed by atoms with van der Waals surface area (Å²) in [6.07, 6.45) is -0.0351. The molecule has 0 aromatic heterocycles. The zero-order chi connectivity index (χ0) is 14.6. The number of hydrogen-bond donors (Lipinski definition) is 0. The normalized spacial score (nSPS) is 11.4. The summed E-state index contributed by atoms with van der Waals surface area (Å²) < 4.78 is 37.0. The van der Waals surface area contributed by atoms with Crippen molar-refractivity contribution in [2.24, 2.45) is 0 Å². The van der Waals surface area contributed by atoms with Crippen LogP contribution in [0.5, 0.6) is 0 Å². The molecule has 1 rings (SSSR count). The summed E-state index contributed by atoms with van der Waals surface area (Å²) in [6.45, 7) is 0. The van der Waals surface area contributed by atoms with Gasteiger partial charge < -0.3 is 0 Å². The van der Waals surface area contributed by atoms with Gasteiger partial charge in [0.15, 0.2) is 5.78 Å². The first kappa shape index (κ1) is 16.0. The van der Waals surface area contributed by atoms with E-state index in [2.05, 4.69) is 15.9 Å². The van der Waals surface area contributed by atoms with Crippen molar-refractivity contribution in [2.75, 3.05) is 5.33 Å². The molecule has 0 N–H and O–H groups in total. The maximum Gasteiger partial charge on any atom is 0.446 e. The fraction of sp³-hybridized carbons (Fsp3) is 0.300. The number of non-ortho nitro benzene ring substituents is 1. The van der Waals surface area contributed by atoms with Crippen LogP contribution in [0.15, 0.2) is 23.1 Å². The summed E-state index contributed by atoms with van der Waals surface area (Å²) in [4.78, 5) is 21.2. The molecule has 0 aliphatic heterocycles. The van der Waals surface area contributed by atoms with Gasteiger partial charge in [0.25, 0.3) is 5.69 Å². The Labute approximate surface area is 118 Å². The van der Waals surface area contributed by atoms with Crippen molar-refractivity contribution in [3.05, 3.63) is 33.9 Å². The average molecular weight is 358 g/mol. The van der Waals surface area contributed by atoms with Crippen LogP contribution >= 0.6 is 27.7 Å². The first-order chi connectivity index (χ1) is 8.74. The van der Waals surface area contributed by atoms with E-state index in [0.717, 1.165) is 18.2 Å². The number of nitrogens with zero attached hydrogens (tertiary/aromatic N) is 1.